The first-order chi connectivity index (χ1) is 18.0. The van der Waals surface area contributed by atoms with Crippen LogP contribution in [0.15, 0.2) is 78.9 Å². The molecule has 7 nitrogen and oxygen atoms in total. The molecule has 1 heterocycles. The van der Waals surface area contributed by atoms with Crippen molar-refractivity contribution in [2.45, 2.75) is 25.2 Å². The van der Waals surface area contributed by atoms with Crippen molar-refractivity contribution in [2.75, 3.05) is 19.0 Å². The van der Waals surface area contributed by atoms with Crippen LogP contribution in [-0.2, 0) is 27.1 Å². The number of hydrogen-bond acceptors (Lipinski definition) is 6. The molecule has 1 N–H and O–H groups in total. The maximum Gasteiger partial charge on any atom is 0.339 e. The average Bonchev–Trinajstić information content (AvgIpc) is 2.94. The van der Waals surface area contributed by atoms with Crippen LogP contribution in [0, 0.1) is 0 Å². The number of aryl methyl sites for hydroxylation is 1. The van der Waals surface area contributed by atoms with Gasteiger partial charge >= 0.3 is 11.9 Å². The van der Waals surface area contributed by atoms with E-state index in [4.69, 9.17) is 9.72 Å². The van der Waals surface area contributed by atoms with Crippen LogP contribution in [0.3, 0.4) is 0 Å². The minimum absolute atomic E-state index is 0.277. The molecule has 1 unspecified atom stereocenters. The third kappa shape index (κ3) is 5.21. The zero-order valence-electron chi connectivity index (χ0n) is 20.4. The van der Waals surface area contributed by atoms with Crippen molar-refractivity contribution in [1.82, 2.24) is 4.98 Å². The fraction of sp³-hybridized carbons (Fsp3) is 0.200. The number of carbonyl (C=O) groups is 3. The molecular weight excluding hydrogens is 468 g/mol. The summed E-state index contributed by atoms with van der Waals surface area (Å²) in [5.74, 6) is -1.21. The normalized spacial score (nSPS) is 14.5. The van der Waals surface area contributed by atoms with Gasteiger partial charge in [0.1, 0.15) is 0 Å². The number of fused-ring (bicyclic) bond motifs is 2. The van der Waals surface area contributed by atoms with Gasteiger partial charge in [-0.15, -0.1) is 0 Å². The number of methoxy groups -OCH3 is 1. The number of benzene rings is 3. The molecule has 3 aromatic carbocycles. The van der Waals surface area contributed by atoms with Gasteiger partial charge in [-0.25, -0.2) is 9.59 Å². The fourth-order valence-electron chi connectivity index (χ4n) is 4.84. The van der Waals surface area contributed by atoms with Crippen LogP contribution < -0.4 is 5.32 Å². The van der Waals surface area contributed by atoms with E-state index < -0.39 is 24.5 Å². The SMILES string of the molecule is COC(=O)c1ccc(NC(=O)COC(=O)c2c3c(nc4ccccc24)CCC(c2ccccc2)C3)cc1. The Morgan fingerprint density at radius 1 is 0.919 bits per heavy atom. The van der Waals surface area contributed by atoms with Gasteiger partial charge in [-0.3, -0.25) is 9.78 Å². The van der Waals surface area contributed by atoms with E-state index in [1.165, 1.54) is 12.7 Å². The van der Waals surface area contributed by atoms with Gasteiger partial charge in [-0.2, -0.15) is 0 Å². The van der Waals surface area contributed by atoms with E-state index in [0.717, 1.165) is 35.0 Å². The molecule has 0 saturated carbocycles. The van der Waals surface area contributed by atoms with E-state index in [9.17, 15) is 14.4 Å². The van der Waals surface area contributed by atoms with Crippen LogP contribution in [0.5, 0.6) is 0 Å². The van der Waals surface area contributed by atoms with Crippen molar-refractivity contribution in [3.63, 3.8) is 0 Å². The van der Waals surface area contributed by atoms with E-state index in [2.05, 4.69) is 22.2 Å². The van der Waals surface area contributed by atoms with Crippen LogP contribution in [0.1, 0.15) is 49.9 Å². The number of nitrogens with zero attached hydrogens (tertiary/aromatic N) is 1. The molecule has 4 aromatic rings. The highest BCUT2D eigenvalue weighted by Gasteiger charge is 2.28. The van der Waals surface area contributed by atoms with E-state index in [1.54, 1.807) is 24.3 Å². The highest BCUT2D eigenvalue weighted by molar-refractivity contribution is 6.06. The molecule has 0 spiro atoms. The second-order valence-electron chi connectivity index (χ2n) is 8.97. The van der Waals surface area contributed by atoms with E-state index in [1.807, 2.05) is 42.5 Å². The smallest absolute Gasteiger partial charge is 0.339 e. The summed E-state index contributed by atoms with van der Waals surface area (Å²) in [5, 5.41) is 3.40. The Labute approximate surface area is 214 Å². The molecule has 1 aromatic heterocycles. The van der Waals surface area contributed by atoms with Crippen molar-refractivity contribution >= 4 is 34.4 Å². The Hall–Kier alpha value is -4.52. The first-order valence-corrected chi connectivity index (χ1v) is 12.1. The molecule has 5 rings (SSSR count). The highest BCUT2D eigenvalue weighted by Crippen LogP contribution is 2.36. The number of esters is 2. The van der Waals surface area contributed by atoms with Gasteiger partial charge in [-0.05, 0) is 66.6 Å². The van der Waals surface area contributed by atoms with Crippen molar-refractivity contribution in [3.8, 4) is 0 Å². The summed E-state index contributed by atoms with van der Waals surface area (Å²) in [6.07, 6.45) is 2.40. The van der Waals surface area contributed by atoms with Crippen LogP contribution in [0.2, 0.25) is 0 Å². The predicted octanol–water partition coefficient (Wildman–Crippen LogP) is 5.09. The topological polar surface area (TPSA) is 94.6 Å². The number of ether oxygens (including phenoxy) is 2. The second kappa shape index (κ2) is 10.6. The molecular formula is C30H26N2O5. The molecule has 0 saturated heterocycles. The Morgan fingerprint density at radius 2 is 1.65 bits per heavy atom. The zero-order valence-corrected chi connectivity index (χ0v) is 20.4. The number of pyridine rings is 1. The van der Waals surface area contributed by atoms with Crippen molar-refractivity contribution < 1.29 is 23.9 Å². The summed E-state index contributed by atoms with van der Waals surface area (Å²) in [6.45, 7) is -0.439. The zero-order chi connectivity index (χ0) is 25.8. The Bertz CT molecular complexity index is 1470. The van der Waals surface area contributed by atoms with Crippen molar-refractivity contribution in [3.05, 3.63) is 107 Å². The van der Waals surface area contributed by atoms with Gasteiger partial charge < -0.3 is 14.8 Å². The van der Waals surface area contributed by atoms with Crippen molar-refractivity contribution in [1.29, 1.82) is 0 Å². The van der Waals surface area contributed by atoms with Crippen LogP contribution >= 0.6 is 0 Å². The maximum absolute atomic E-state index is 13.4. The first-order valence-electron chi connectivity index (χ1n) is 12.1. The number of para-hydroxylation sites is 1. The van der Waals surface area contributed by atoms with Gasteiger partial charge in [0.05, 0.1) is 23.8 Å². The van der Waals surface area contributed by atoms with Crippen molar-refractivity contribution in [2.24, 2.45) is 0 Å². The maximum atomic E-state index is 13.4. The predicted molar refractivity (Wildman–Crippen MR) is 140 cm³/mol. The molecule has 1 amide bonds. The van der Waals surface area contributed by atoms with Gasteiger partial charge in [0.25, 0.3) is 5.91 Å². The van der Waals surface area contributed by atoms with E-state index in [0.29, 0.717) is 23.2 Å². The molecule has 1 aliphatic rings. The number of rotatable bonds is 6. The Morgan fingerprint density at radius 3 is 2.41 bits per heavy atom. The molecule has 7 heteroatoms. The van der Waals surface area contributed by atoms with Gasteiger partial charge in [0.2, 0.25) is 0 Å². The summed E-state index contributed by atoms with van der Waals surface area (Å²) < 4.78 is 10.2. The lowest BCUT2D eigenvalue weighted by atomic mass is 9.80. The largest absolute Gasteiger partial charge is 0.465 e. The minimum atomic E-state index is -0.542. The lowest BCUT2D eigenvalue weighted by Crippen LogP contribution is -2.23. The lowest BCUT2D eigenvalue weighted by molar-refractivity contribution is -0.119. The minimum Gasteiger partial charge on any atom is -0.465 e. The summed E-state index contributed by atoms with van der Waals surface area (Å²) in [7, 11) is 1.30. The third-order valence-electron chi connectivity index (χ3n) is 6.66. The number of carbonyl (C=O) groups excluding carboxylic acids is 3. The van der Waals surface area contributed by atoms with E-state index >= 15 is 0 Å². The molecule has 1 aliphatic carbocycles. The summed E-state index contributed by atoms with van der Waals surface area (Å²) in [4.78, 5) is 42.3. The Kier molecular flexibility index (Phi) is 6.94. The van der Waals surface area contributed by atoms with Gasteiger partial charge in [-0.1, -0.05) is 48.5 Å². The number of amides is 1. The molecule has 0 bridgehead atoms. The number of nitrogens with one attached hydrogen (secondary N) is 1. The number of aromatic nitrogens is 1. The first kappa shape index (κ1) is 24.2. The summed E-state index contributed by atoms with van der Waals surface area (Å²) in [5.41, 5.74) is 5.10. The van der Waals surface area contributed by atoms with E-state index in [-0.39, 0.29) is 5.92 Å². The van der Waals surface area contributed by atoms with Crippen LogP contribution in [-0.4, -0.2) is 36.5 Å². The summed E-state index contributed by atoms with van der Waals surface area (Å²) >= 11 is 0. The molecule has 0 aliphatic heterocycles. The third-order valence-corrected chi connectivity index (χ3v) is 6.66. The van der Waals surface area contributed by atoms with Crippen LogP contribution in [0.25, 0.3) is 10.9 Å². The number of hydrogen-bond donors (Lipinski definition) is 1. The summed E-state index contributed by atoms with van der Waals surface area (Å²) in [6, 6.07) is 24.1. The average molecular weight is 495 g/mol. The lowest BCUT2D eigenvalue weighted by Gasteiger charge is -2.26. The molecule has 1 atom stereocenters. The standard InChI is InChI=1S/C30H26N2O5/c1-36-29(34)20-11-14-22(15-12-20)31-27(33)18-37-30(35)28-23-9-5-6-10-25(23)32-26-16-13-21(17-24(26)28)19-7-3-2-4-8-19/h2-12,14-15,21H,13,16-18H2,1H3,(H,31,33). The quantitative estimate of drug-likeness (QED) is 0.375. The molecule has 0 radical (unpaired) electrons. The fourth-order valence-corrected chi connectivity index (χ4v) is 4.84. The Balaban J connectivity index is 1.35. The van der Waals surface area contributed by atoms with Gasteiger partial charge in [0.15, 0.2) is 6.61 Å². The molecule has 186 valence electrons. The number of anilines is 1. The molecule has 37 heavy (non-hydrogen) atoms. The monoisotopic (exact) mass is 494 g/mol. The molecule has 0 fully saturated rings. The van der Waals surface area contributed by atoms with Crippen LogP contribution in [0.4, 0.5) is 5.69 Å². The highest BCUT2D eigenvalue weighted by atomic mass is 16.5. The second-order valence-corrected chi connectivity index (χ2v) is 8.97. The van der Waals surface area contributed by atoms with Gasteiger partial charge in [0, 0.05) is 16.8 Å².